The average Bonchev–Trinajstić information content (AvgIpc) is 2.90. The molecule has 0 amide bonds. The Hall–Kier alpha value is -2.44. The molecule has 27 heavy (non-hydrogen) atoms. The minimum atomic E-state index is 0.0748. The predicted molar refractivity (Wildman–Crippen MR) is 110 cm³/mol. The van der Waals surface area contributed by atoms with E-state index in [2.05, 4.69) is 11.5 Å². The Labute approximate surface area is 162 Å². The van der Waals surface area contributed by atoms with Crippen molar-refractivity contribution >= 4 is 21.6 Å². The highest BCUT2D eigenvalue weighted by molar-refractivity contribution is 7.17. The lowest BCUT2D eigenvalue weighted by atomic mass is 10.1. The Morgan fingerprint density at radius 1 is 1.30 bits per heavy atom. The third-order valence-electron chi connectivity index (χ3n) is 5.19. The van der Waals surface area contributed by atoms with E-state index in [1.807, 2.05) is 35.1 Å². The van der Waals surface area contributed by atoms with Crippen LogP contribution in [-0.2, 0) is 25.9 Å². The van der Waals surface area contributed by atoms with Gasteiger partial charge in [-0.05, 0) is 29.9 Å². The van der Waals surface area contributed by atoms with Crippen LogP contribution in [0.3, 0.4) is 0 Å². The minimum Gasteiger partial charge on any atom is -0.507 e. The molecule has 1 aliphatic heterocycles. The number of hydrogen-bond donors (Lipinski definition) is 1. The molecule has 1 aliphatic rings. The van der Waals surface area contributed by atoms with Crippen LogP contribution >= 0.6 is 11.3 Å². The van der Waals surface area contributed by atoms with Gasteiger partial charge in [0.25, 0.3) is 5.56 Å². The molecule has 0 saturated carbocycles. The van der Waals surface area contributed by atoms with Gasteiger partial charge in [0.05, 0.1) is 5.52 Å². The first-order valence-corrected chi connectivity index (χ1v) is 10.1. The minimum absolute atomic E-state index is 0.0748. The number of fused-ring (bicyclic) bond motifs is 2. The summed E-state index contributed by atoms with van der Waals surface area (Å²) < 4.78 is 2.58. The summed E-state index contributed by atoms with van der Waals surface area (Å²) in [5.74, 6) is 1.21. The lowest BCUT2D eigenvalue weighted by molar-refractivity contribution is 0.267. The van der Waals surface area contributed by atoms with Gasteiger partial charge in [0.2, 0.25) is 0 Å². The van der Waals surface area contributed by atoms with E-state index in [0.29, 0.717) is 25.3 Å². The van der Waals surface area contributed by atoms with Gasteiger partial charge < -0.3 is 5.11 Å². The second-order valence-corrected chi connectivity index (χ2v) is 7.90. The van der Waals surface area contributed by atoms with E-state index in [1.54, 1.807) is 6.08 Å². The molecular weight excluding hydrogens is 358 g/mol. The fraction of sp³-hybridized carbons (Fsp3) is 0.333. The predicted octanol–water partition coefficient (Wildman–Crippen LogP) is 3.26. The molecule has 6 heteroatoms. The topological polar surface area (TPSA) is 58.4 Å². The zero-order valence-corrected chi connectivity index (χ0v) is 16.3. The van der Waals surface area contributed by atoms with Crippen molar-refractivity contribution in [2.24, 2.45) is 0 Å². The molecule has 1 aromatic carbocycles. The van der Waals surface area contributed by atoms with Crippen LogP contribution in [0.4, 0.5) is 0 Å². The monoisotopic (exact) mass is 381 g/mol. The zero-order valence-electron chi connectivity index (χ0n) is 15.4. The molecule has 0 fully saturated rings. The van der Waals surface area contributed by atoms with Crippen molar-refractivity contribution in [2.45, 2.75) is 32.9 Å². The molecule has 0 saturated heterocycles. The number of nitrogens with zero attached hydrogens (tertiary/aromatic N) is 3. The lowest BCUT2D eigenvalue weighted by Gasteiger charge is -2.20. The Morgan fingerprint density at radius 3 is 2.93 bits per heavy atom. The zero-order chi connectivity index (χ0) is 19.0. The molecule has 0 spiro atoms. The van der Waals surface area contributed by atoms with Crippen LogP contribution in [0.2, 0.25) is 0 Å². The molecule has 140 valence electrons. The quantitative estimate of drug-likeness (QED) is 0.705. The Morgan fingerprint density at radius 2 is 2.11 bits per heavy atom. The van der Waals surface area contributed by atoms with Crippen molar-refractivity contribution in [3.05, 3.63) is 69.1 Å². The molecule has 5 nitrogen and oxygen atoms in total. The number of phenolic OH excluding ortho intramolecular Hbond substituents is 1. The maximum atomic E-state index is 12.8. The average molecular weight is 382 g/mol. The van der Waals surface area contributed by atoms with Crippen LogP contribution < -0.4 is 5.56 Å². The Kier molecular flexibility index (Phi) is 4.85. The van der Waals surface area contributed by atoms with Gasteiger partial charge in [0.15, 0.2) is 0 Å². The molecule has 1 N–H and O–H groups in total. The van der Waals surface area contributed by atoms with Gasteiger partial charge in [-0.2, -0.15) is 0 Å². The van der Waals surface area contributed by atoms with Crippen molar-refractivity contribution in [1.82, 2.24) is 14.5 Å². The van der Waals surface area contributed by atoms with Gasteiger partial charge in [-0.1, -0.05) is 24.3 Å². The summed E-state index contributed by atoms with van der Waals surface area (Å²) in [5, 5.41) is 12.5. The fourth-order valence-corrected chi connectivity index (χ4v) is 4.62. The first-order chi connectivity index (χ1) is 13.1. The van der Waals surface area contributed by atoms with E-state index in [1.165, 1.54) is 11.3 Å². The first kappa shape index (κ1) is 17.9. The van der Waals surface area contributed by atoms with Crippen LogP contribution in [-0.4, -0.2) is 32.6 Å². The van der Waals surface area contributed by atoms with Crippen molar-refractivity contribution in [3.63, 3.8) is 0 Å². The largest absolute Gasteiger partial charge is 0.507 e. The third-order valence-corrected chi connectivity index (χ3v) is 6.26. The van der Waals surface area contributed by atoms with E-state index in [-0.39, 0.29) is 5.56 Å². The summed E-state index contributed by atoms with van der Waals surface area (Å²) in [6, 6.07) is 5.87. The fourth-order valence-electron chi connectivity index (χ4n) is 3.68. The molecule has 0 radical (unpaired) electrons. The third kappa shape index (κ3) is 3.31. The molecule has 0 atom stereocenters. The smallest absolute Gasteiger partial charge is 0.271 e. The second kappa shape index (κ2) is 7.29. The number of aryl methyl sites for hydroxylation is 1. The van der Waals surface area contributed by atoms with E-state index in [4.69, 9.17) is 4.98 Å². The summed E-state index contributed by atoms with van der Waals surface area (Å²) in [5.41, 5.74) is 3.80. The highest BCUT2D eigenvalue weighted by Crippen LogP contribution is 2.25. The molecule has 3 heterocycles. The summed E-state index contributed by atoms with van der Waals surface area (Å²) in [4.78, 5) is 19.9. The number of phenols is 1. The van der Waals surface area contributed by atoms with Crippen LogP contribution in [0, 0.1) is 6.92 Å². The van der Waals surface area contributed by atoms with Crippen molar-refractivity contribution in [3.8, 4) is 5.75 Å². The van der Waals surface area contributed by atoms with Gasteiger partial charge in [-0.15, -0.1) is 17.9 Å². The SMILES string of the molecule is C=CCc1cccc(CN2CCc3nc4c(C)csc4c(=O)n3CC2)c1O. The van der Waals surface area contributed by atoms with Crippen molar-refractivity contribution in [2.75, 3.05) is 13.1 Å². The summed E-state index contributed by atoms with van der Waals surface area (Å²) in [7, 11) is 0. The normalized spacial score (nSPS) is 14.9. The number of aromatic nitrogens is 2. The molecule has 4 rings (SSSR count). The standard InChI is InChI=1S/C21H23N3O2S/c1-3-5-15-6-4-7-16(19(15)25)12-23-9-8-17-22-18-14(2)13-27-20(18)21(26)24(17)11-10-23/h3-4,6-7,13,25H,1,5,8-12H2,2H3. The highest BCUT2D eigenvalue weighted by atomic mass is 32.1. The number of aromatic hydroxyl groups is 1. The van der Waals surface area contributed by atoms with Crippen LogP contribution in [0.15, 0.2) is 41.0 Å². The van der Waals surface area contributed by atoms with Crippen molar-refractivity contribution in [1.29, 1.82) is 0 Å². The van der Waals surface area contributed by atoms with Gasteiger partial charge >= 0.3 is 0 Å². The molecule has 2 aromatic heterocycles. The van der Waals surface area contributed by atoms with E-state index < -0.39 is 0 Å². The molecule has 0 unspecified atom stereocenters. The Bertz CT molecular complexity index is 1070. The summed E-state index contributed by atoms with van der Waals surface area (Å²) in [6.45, 7) is 8.61. The lowest BCUT2D eigenvalue weighted by Crippen LogP contribution is -2.28. The highest BCUT2D eigenvalue weighted by Gasteiger charge is 2.20. The summed E-state index contributed by atoms with van der Waals surface area (Å²) in [6.07, 6.45) is 3.18. The number of benzene rings is 1. The van der Waals surface area contributed by atoms with E-state index in [0.717, 1.165) is 52.2 Å². The number of rotatable bonds is 4. The van der Waals surface area contributed by atoms with Gasteiger partial charge in [0.1, 0.15) is 16.3 Å². The van der Waals surface area contributed by atoms with E-state index in [9.17, 15) is 9.90 Å². The molecule has 0 aliphatic carbocycles. The van der Waals surface area contributed by atoms with Crippen LogP contribution in [0.25, 0.3) is 10.2 Å². The number of para-hydroxylation sites is 1. The summed E-state index contributed by atoms with van der Waals surface area (Å²) >= 11 is 1.48. The number of thiophene rings is 1. The van der Waals surface area contributed by atoms with E-state index >= 15 is 0 Å². The number of allylic oxidation sites excluding steroid dienone is 1. The molecule has 3 aromatic rings. The van der Waals surface area contributed by atoms with Gasteiger partial charge in [-0.3, -0.25) is 14.3 Å². The maximum Gasteiger partial charge on any atom is 0.271 e. The van der Waals surface area contributed by atoms with Crippen LogP contribution in [0.5, 0.6) is 5.75 Å². The van der Waals surface area contributed by atoms with Crippen molar-refractivity contribution < 1.29 is 5.11 Å². The second-order valence-electron chi connectivity index (χ2n) is 7.03. The first-order valence-electron chi connectivity index (χ1n) is 9.19. The molecule has 0 bridgehead atoms. The maximum absolute atomic E-state index is 12.8. The van der Waals surface area contributed by atoms with Crippen LogP contribution in [0.1, 0.15) is 22.5 Å². The number of hydrogen-bond acceptors (Lipinski definition) is 5. The molecular formula is C21H23N3O2S. The Balaban J connectivity index is 1.58. The van der Waals surface area contributed by atoms with Gasteiger partial charge in [-0.25, -0.2) is 4.98 Å². The van der Waals surface area contributed by atoms with Gasteiger partial charge in [0, 0.05) is 38.2 Å².